The molecule has 1 aromatic rings. The second kappa shape index (κ2) is 6.51. The van der Waals surface area contributed by atoms with Crippen molar-refractivity contribution in [2.75, 3.05) is 13.7 Å². The number of hydrogen-bond acceptors (Lipinski definition) is 3. The summed E-state index contributed by atoms with van der Waals surface area (Å²) < 4.78 is 10.7. The maximum absolute atomic E-state index is 6.03. The highest BCUT2D eigenvalue weighted by atomic mass is 16.5. The van der Waals surface area contributed by atoms with Crippen molar-refractivity contribution in [3.63, 3.8) is 0 Å². The second-order valence-electron chi connectivity index (χ2n) is 3.88. The first kappa shape index (κ1) is 13.0. The van der Waals surface area contributed by atoms with E-state index in [0.29, 0.717) is 0 Å². The molecule has 2 atom stereocenters. The number of benzene rings is 1. The van der Waals surface area contributed by atoms with E-state index in [1.165, 1.54) is 0 Å². The lowest BCUT2D eigenvalue weighted by Crippen LogP contribution is -2.25. The average molecular weight is 223 g/mol. The molecule has 0 saturated carbocycles. The van der Waals surface area contributed by atoms with Crippen LogP contribution in [-0.2, 0) is 4.74 Å². The molecular weight excluding hydrogens is 202 g/mol. The van der Waals surface area contributed by atoms with E-state index in [2.05, 4.69) is 6.92 Å². The Morgan fingerprint density at radius 3 is 2.38 bits per heavy atom. The minimum Gasteiger partial charge on any atom is -0.494 e. The maximum Gasteiger partial charge on any atom is 0.119 e. The summed E-state index contributed by atoms with van der Waals surface area (Å²) in [7, 11) is 1.67. The van der Waals surface area contributed by atoms with Crippen LogP contribution in [0.2, 0.25) is 0 Å². The van der Waals surface area contributed by atoms with Gasteiger partial charge in [0.2, 0.25) is 0 Å². The van der Waals surface area contributed by atoms with Crippen LogP contribution in [0.5, 0.6) is 5.75 Å². The molecule has 0 radical (unpaired) electrons. The molecule has 0 heterocycles. The fourth-order valence-corrected chi connectivity index (χ4v) is 1.42. The van der Waals surface area contributed by atoms with Crippen molar-refractivity contribution in [3.05, 3.63) is 29.8 Å². The maximum atomic E-state index is 6.03. The standard InChI is InChI=1S/C13H21NO2/c1-4-9-16-12-7-5-11(6-8-12)13(14)10(2)15-3/h5-8,10,13H,4,9,14H2,1-3H3. The van der Waals surface area contributed by atoms with Gasteiger partial charge in [-0.05, 0) is 31.0 Å². The first-order valence-corrected chi connectivity index (χ1v) is 5.70. The van der Waals surface area contributed by atoms with E-state index in [4.69, 9.17) is 15.2 Å². The summed E-state index contributed by atoms with van der Waals surface area (Å²) in [6, 6.07) is 7.79. The molecule has 2 N–H and O–H groups in total. The lowest BCUT2D eigenvalue weighted by Gasteiger charge is -2.19. The predicted molar refractivity (Wildman–Crippen MR) is 65.6 cm³/mol. The topological polar surface area (TPSA) is 44.5 Å². The highest BCUT2D eigenvalue weighted by Crippen LogP contribution is 2.19. The molecule has 3 nitrogen and oxygen atoms in total. The van der Waals surface area contributed by atoms with Gasteiger partial charge in [0.1, 0.15) is 5.75 Å². The summed E-state index contributed by atoms with van der Waals surface area (Å²) in [5, 5.41) is 0. The van der Waals surface area contributed by atoms with Gasteiger partial charge in [-0.1, -0.05) is 19.1 Å². The summed E-state index contributed by atoms with van der Waals surface area (Å²) in [6.45, 7) is 4.80. The van der Waals surface area contributed by atoms with Crippen LogP contribution in [0.15, 0.2) is 24.3 Å². The van der Waals surface area contributed by atoms with Crippen LogP contribution in [0.4, 0.5) is 0 Å². The zero-order valence-electron chi connectivity index (χ0n) is 10.3. The van der Waals surface area contributed by atoms with Gasteiger partial charge in [0.25, 0.3) is 0 Å². The van der Waals surface area contributed by atoms with Crippen molar-refractivity contribution in [3.8, 4) is 5.75 Å². The largest absolute Gasteiger partial charge is 0.494 e. The molecule has 0 aromatic heterocycles. The molecule has 1 aromatic carbocycles. The summed E-state index contributed by atoms with van der Waals surface area (Å²) in [6.07, 6.45) is 1.03. The lowest BCUT2D eigenvalue weighted by molar-refractivity contribution is 0.0956. The fourth-order valence-electron chi connectivity index (χ4n) is 1.42. The third kappa shape index (κ3) is 3.51. The van der Waals surface area contributed by atoms with Crippen molar-refractivity contribution in [1.29, 1.82) is 0 Å². The quantitative estimate of drug-likeness (QED) is 0.806. The molecule has 90 valence electrons. The normalized spacial score (nSPS) is 14.5. The van der Waals surface area contributed by atoms with E-state index in [0.717, 1.165) is 24.3 Å². The zero-order chi connectivity index (χ0) is 12.0. The lowest BCUT2D eigenvalue weighted by atomic mass is 10.0. The van der Waals surface area contributed by atoms with Crippen LogP contribution >= 0.6 is 0 Å². The highest BCUT2D eigenvalue weighted by Gasteiger charge is 2.13. The Morgan fingerprint density at radius 2 is 1.88 bits per heavy atom. The van der Waals surface area contributed by atoms with Crippen molar-refractivity contribution in [1.82, 2.24) is 0 Å². The van der Waals surface area contributed by atoms with Crippen LogP contribution in [0.3, 0.4) is 0 Å². The van der Waals surface area contributed by atoms with E-state index < -0.39 is 0 Å². The van der Waals surface area contributed by atoms with Crippen molar-refractivity contribution >= 4 is 0 Å². The molecule has 0 aliphatic heterocycles. The molecule has 0 saturated heterocycles. The molecule has 0 bridgehead atoms. The van der Waals surface area contributed by atoms with Crippen LogP contribution in [-0.4, -0.2) is 19.8 Å². The molecule has 1 rings (SSSR count). The van der Waals surface area contributed by atoms with E-state index >= 15 is 0 Å². The van der Waals surface area contributed by atoms with E-state index in [1.807, 2.05) is 31.2 Å². The molecule has 0 aliphatic rings. The summed E-state index contributed by atoms with van der Waals surface area (Å²) >= 11 is 0. The average Bonchev–Trinajstić information content (AvgIpc) is 2.35. The Balaban J connectivity index is 2.63. The molecule has 2 unspecified atom stereocenters. The number of nitrogens with two attached hydrogens (primary N) is 1. The Hall–Kier alpha value is -1.06. The second-order valence-corrected chi connectivity index (χ2v) is 3.88. The van der Waals surface area contributed by atoms with E-state index in [-0.39, 0.29) is 12.1 Å². The molecule has 0 spiro atoms. The van der Waals surface area contributed by atoms with Crippen molar-refractivity contribution in [2.24, 2.45) is 5.73 Å². The van der Waals surface area contributed by atoms with E-state index in [9.17, 15) is 0 Å². The highest BCUT2D eigenvalue weighted by molar-refractivity contribution is 5.29. The Bertz CT molecular complexity index is 297. The van der Waals surface area contributed by atoms with Crippen molar-refractivity contribution < 1.29 is 9.47 Å². The van der Waals surface area contributed by atoms with Gasteiger partial charge < -0.3 is 15.2 Å². The number of hydrogen-bond donors (Lipinski definition) is 1. The van der Waals surface area contributed by atoms with Gasteiger partial charge in [0, 0.05) is 7.11 Å². The number of rotatable bonds is 6. The third-order valence-corrected chi connectivity index (χ3v) is 2.62. The van der Waals surface area contributed by atoms with Crippen LogP contribution in [0.25, 0.3) is 0 Å². The number of ether oxygens (including phenoxy) is 2. The Labute approximate surface area is 97.6 Å². The van der Waals surface area contributed by atoms with Gasteiger partial charge in [0.05, 0.1) is 18.8 Å². The smallest absolute Gasteiger partial charge is 0.119 e. The summed E-state index contributed by atoms with van der Waals surface area (Å²) in [5.41, 5.74) is 7.10. The van der Waals surface area contributed by atoms with E-state index in [1.54, 1.807) is 7.11 Å². The fraction of sp³-hybridized carbons (Fsp3) is 0.538. The molecule has 0 amide bonds. The summed E-state index contributed by atoms with van der Waals surface area (Å²) in [5.74, 6) is 0.892. The van der Waals surface area contributed by atoms with Crippen LogP contribution in [0, 0.1) is 0 Å². The zero-order valence-corrected chi connectivity index (χ0v) is 10.3. The van der Waals surface area contributed by atoms with Crippen LogP contribution < -0.4 is 10.5 Å². The van der Waals surface area contributed by atoms with Gasteiger partial charge >= 0.3 is 0 Å². The minimum atomic E-state index is -0.0924. The van der Waals surface area contributed by atoms with Gasteiger partial charge in [0.15, 0.2) is 0 Å². The first-order chi connectivity index (χ1) is 7.69. The molecule has 16 heavy (non-hydrogen) atoms. The Morgan fingerprint density at radius 1 is 1.25 bits per heavy atom. The third-order valence-electron chi connectivity index (χ3n) is 2.62. The number of methoxy groups -OCH3 is 1. The first-order valence-electron chi connectivity index (χ1n) is 5.70. The molecule has 0 aliphatic carbocycles. The molecule has 0 fully saturated rings. The van der Waals surface area contributed by atoms with Crippen molar-refractivity contribution in [2.45, 2.75) is 32.4 Å². The van der Waals surface area contributed by atoms with Crippen LogP contribution in [0.1, 0.15) is 31.9 Å². The molecule has 3 heteroatoms. The Kier molecular flexibility index (Phi) is 5.29. The van der Waals surface area contributed by atoms with Gasteiger partial charge in [-0.2, -0.15) is 0 Å². The van der Waals surface area contributed by atoms with Gasteiger partial charge in [-0.3, -0.25) is 0 Å². The van der Waals surface area contributed by atoms with Gasteiger partial charge in [-0.25, -0.2) is 0 Å². The monoisotopic (exact) mass is 223 g/mol. The predicted octanol–water partition coefficient (Wildman–Crippen LogP) is 2.51. The SMILES string of the molecule is CCCOc1ccc(C(N)C(C)OC)cc1. The van der Waals surface area contributed by atoms with Gasteiger partial charge in [-0.15, -0.1) is 0 Å². The minimum absolute atomic E-state index is 0.0161. The molecular formula is C13H21NO2. The summed E-state index contributed by atoms with van der Waals surface area (Å²) in [4.78, 5) is 0.